The van der Waals surface area contributed by atoms with E-state index in [-0.39, 0.29) is 5.92 Å². The van der Waals surface area contributed by atoms with E-state index < -0.39 is 30.3 Å². The fourth-order valence-corrected chi connectivity index (χ4v) is 1.28. The van der Waals surface area contributed by atoms with Gasteiger partial charge in [-0.15, -0.1) is 0 Å². The normalized spacial score (nSPS) is 11.8. The Morgan fingerprint density at radius 1 is 1.12 bits per heavy atom. The molecule has 0 saturated heterocycles. The summed E-state index contributed by atoms with van der Waals surface area (Å²) in [6.45, 7) is 3.84. The van der Waals surface area contributed by atoms with E-state index in [1.54, 1.807) is 0 Å². The van der Waals surface area contributed by atoms with Gasteiger partial charge in [-0.1, -0.05) is 13.8 Å². The highest BCUT2D eigenvalue weighted by Gasteiger charge is 2.23. The maximum Gasteiger partial charge on any atom is 0.328 e. The minimum Gasteiger partial charge on any atom is -0.469 e. The van der Waals surface area contributed by atoms with Crippen LogP contribution in [0.4, 0.5) is 0 Å². The van der Waals surface area contributed by atoms with Crippen molar-refractivity contribution in [2.75, 3.05) is 14.2 Å². The predicted molar refractivity (Wildman–Crippen MR) is 60.0 cm³/mol. The van der Waals surface area contributed by atoms with E-state index in [0.29, 0.717) is 6.42 Å². The first-order chi connectivity index (χ1) is 7.90. The number of ether oxygens (including phenoxy) is 2. The summed E-state index contributed by atoms with van der Waals surface area (Å²) in [4.78, 5) is 33.7. The second-order valence-corrected chi connectivity index (χ2v) is 4.03. The molecule has 0 aliphatic heterocycles. The Morgan fingerprint density at radius 2 is 1.71 bits per heavy atom. The van der Waals surface area contributed by atoms with Gasteiger partial charge in [0.2, 0.25) is 5.91 Å². The molecule has 6 nitrogen and oxygen atoms in total. The molecule has 0 aromatic heterocycles. The molecule has 0 aromatic rings. The number of amides is 1. The van der Waals surface area contributed by atoms with Crippen molar-refractivity contribution in [3.05, 3.63) is 0 Å². The van der Waals surface area contributed by atoms with E-state index in [2.05, 4.69) is 14.8 Å². The van der Waals surface area contributed by atoms with Crippen molar-refractivity contribution in [3.8, 4) is 0 Å². The van der Waals surface area contributed by atoms with Gasteiger partial charge in [0, 0.05) is 0 Å². The van der Waals surface area contributed by atoms with Crippen molar-refractivity contribution in [1.29, 1.82) is 0 Å². The van der Waals surface area contributed by atoms with Gasteiger partial charge in [-0.3, -0.25) is 9.59 Å². The molecule has 0 bridgehead atoms. The Bertz CT molecular complexity index is 288. The Hall–Kier alpha value is -1.59. The number of esters is 2. The summed E-state index contributed by atoms with van der Waals surface area (Å²) in [5, 5.41) is 2.45. The molecular weight excluding hydrogens is 226 g/mol. The van der Waals surface area contributed by atoms with Crippen molar-refractivity contribution in [2.45, 2.75) is 32.7 Å². The van der Waals surface area contributed by atoms with E-state index >= 15 is 0 Å². The number of nitrogens with one attached hydrogen (secondary N) is 1. The third-order valence-electron chi connectivity index (χ3n) is 2.06. The van der Waals surface area contributed by atoms with Gasteiger partial charge in [-0.25, -0.2) is 4.79 Å². The Balaban J connectivity index is 4.37. The summed E-state index contributed by atoms with van der Waals surface area (Å²) >= 11 is 0. The average Bonchev–Trinajstić information content (AvgIpc) is 2.26. The summed E-state index contributed by atoms with van der Waals surface area (Å²) in [6.07, 6.45) is 0.0572. The van der Waals surface area contributed by atoms with Gasteiger partial charge in [0.1, 0.15) is 12.5 Å². The molecule has 0 spiro atoms. The third kappa shape index (κ3) is 6.55. The fraction of sp³-hybridized carbons (Fsp3) is 0.727. The van der Waals surface area contributed by atoms with Crippen LogP contribution >= 0.6 is 0 Å². The number of carbonyl (C=O) groups excluding carboxylic acids is 3. The van der Waals surface area contributed by atoms with E-state index in [4.69, 9.17) is 0 Å². The molecule has 1 atom stereocenters. The molecule has 98 valence electrons. The lowest BCUT2D eigenvalue weighted by atomic mass is 10.0. The predicted octanol–water partition coefficient (Wildman–Crippen LogP) is 0.253. The maximum absolute atomic E-state index is 11.4. The van der Waals surface area contributed by atoms with Crippen molar-refractivity contribution in [3.63, 3.8) is 0 Å². The zero-order chi connectivity index (χ0) is 13.4. The lowest BCUT2D eigenvalue weighted by Gasteiger charge is -2.17. The van der Waals surface area contributed by atoms with Crippen LogP contribution in [0.3, 0.4) is 0 Å². The van der Waals surface area contributed by atoms with Crippen LogP contribution in [0.1, 0.15) is 26.7 Å². The van der Waals surface area contributed by atoms with E-state index in [1.807, 2.05) is 13.8 Å². The Morgan fingerprint density at radius 3 is 2.12 bits per heavy atom. The average molecular weight is 245 g/mol. The smallest absolute Gasteiger partial charge is 0.328 e. The minimum absolute atomic E-state index is 0.220. The molecule has 17 heavy (non-hydrogen) atoms. The first kappa shape index (κ1) is 15.4. The van der Waals surface area contributed by atoms with Gasteiger partial charge < -0.3 is 14.8 Å². The summed E-state index contributed by atoms with van der Waals surface area (Å²) < 4.78 is 8.93. The van der Waals surface area contributed by atoms with Crippen LogP contribution in [-0.2, 0) is 23.9 Å². The van der Waals surface area contributed by atoms with E-state index in [1.165, 1.54) is 14.2 Å². The Kier molecular flexibility index (Phi) is 6.93. The molecule has 0 aliphatic carbocycles. The van der Waals surface area contributed by atoms with E-state index in [0.717, 1.165) is 0 Å². The van der Waals surface area contributed by atoms with Crippen LogP contribution in [0.15, 0.2) is 0 Å². The van der Waals surface area contributed by atoms with E-state index in [9.17, 15) is 14.4 Å². The summed E-state index contributed by atoms with van der Waals surface area (Å²) in [5.74, 6) is -1.49. The van der Waals surface area contributed by atoms with Crippen LogP contribution in [0, 0.1) is 5.92 Å². The van der Waals surface area contributed by atoms with Gasteiger partial charge in [-0.05, 0) is 12.3 Å². The standard InChI is InChI=1S/C11H19NO5/c1-7(2)5-8(11(15)17-4)12-9(13)6-10(14)16-3/h7-8H,5-6H2,1-4H3,(H,12,13)/t8-/m0/s1. The largest absolute Gasteiger partial charge is 0.469 e. The number of hydrogen-bond donors (Lipinski definition) is 1. The molecule has 0 heterocycles. The van der Waals surface area contributed by atoms with Crippen LogP contribution in [0.25, 0.3) is 0 Å². The van der Waals surface area contributed by atoms with Gasteiger partial charge >= 0.3 is 11.9 Å². The molecule has 0 rings (SSSR count). The third-order valence-corrected chi connectivity index (χ3v) is 2.06. The van der Waals surface area contributed by atoms with Gasteiger partial charge in [0.05, 0.1) is 14.2 Å². The maximum atomic E-state index is 11.4. The SMILES string of the molecule is COC(=O)CC(=O)N[C@@H](CC(C)C)C(=O)OC. The highest BCUT2D eigenvalue weighted by Crippen LogP contribution is 2.06. The first-order valence-corrected chi connectivity index (χ1v) is 5.34. The van der Waals surface area contributed by atoms with Crippen LogP contribution in [-0.4, -0.2) is 38.1 Å². The molecule has 1 amide bonds. The summed E-state index contributed by atoms with van der Waals surface area (Å²) in [5.41, 5.74) is 0. The topological polar surface area (TPSA) is 81.7 Å². The molecular formula is C11H19NO5. The van der Waals surface area contributed by atoms with Gasteiger partial charge in [0.15, 0.2) is 0 Å². The zero-order valence-corrected chi connectivity index (χ0v) is 10.6. The molecule has 0 aromatic carbocycles. The second kappa shape index (κ2) is 7.65. The van der Waals surface area contributed by atoms with Gasteiger partial charge in [-0.2, -0.15) is 0 Å². The molecule has 1 N–H and O–H groups in total. The molecule has 0 unspecified atom stereocenters. The number of carbonyl (C=O) groups is 3. The number of methoxy groups -OCH3 is 2. The second-order valence-electron chi connectivity index (χ2n) is 4.03. The van der Waals surface area contributed by atoms with Crippen LogP contribution in [0.5, 0.6) is 0 Å². The quantitative estimate of drug-likeness (QED) is 0.536. The first-order valence-electron chi connectivity index (χ1n) is 5.34. The van der Waals surface area contributed by atoms with Crippen molar-refractivity contribution < 1.29 is 23.9 Å². The summed E-state index contributed by atoms with van der Waals surface area (Å²) in [7, 11) is 2.45. The van der Waals surface area contributed by atoms with Crippen molar-refractivity contribution in [2.24, 2.45) is 5.92 Å². The highest BCUT2D eigenvalue weighted by molar-refractivity contribution is 5.96. The molecule has 0 saturated carbocycles. The fourth-order valence-electron chi connectivity index (χ4n) is 1.28. The van der Waals surface area contributed by atoms with Gasteiger partial charge in [0.25, 0.3) is 0 Å². The zero-order valence-electron chi connectivity index (χ0n) is 10.6. The van der Waals surface area contributed by atoms with Crippen molar-refractivity contribution >= 4 is 17.8 Å². The molecule has 6 heteroatoms. The highest BCUT2D eigenvalue weighted by atomic mass is 16.5. The molecule has 0 fully saturated rings. The monoisotopic (exact) mass is 245 g/mol. The van der Waals surface area contributed by atoms with Crippen LogP contribution < -0.4 is 5.32 Å². The molecule has 0 aliphatic rings. The van der Waals surface area contributed by atoms with Crippen LogP contribution in [0.2, 0.25) is 0 Å². The lowest BCUT2D eigenvalue weighted by Crippen LogP contribution is -2.43. The Labute approximate surface area is 101 Å². The van der Waals surface area contributed by atoms with Crippen molar-refractivity contribution in [1.82, 2.24) is 5.32 Å². The minimum atomic E-state index is -0.725. The number of rotatable bonds is 6. The lowest BCUT2D eigenvalue weighted by molar-refractivity contribution is -0.148. The number of hydrogen-bond acceptors (Lipinski definition) is 5. The summed E-state index contributed by atoms with van der Waals surface area (Å²) in [6, 6.07) is -0.725. The molecule has 0 radical (unpaired) electrons.